The number of nitrogen functional groups attached to an aromatic ring is 1. The second-order valence-corrected chi connectivity index (χ2v) is 7.16. The zero-order valence-electron chi connectivity index (χ0n) is 15.6. The second-order valence-electron chi connectivity index (χ2n) is 6.73. The number of carbonyl (C=O) groups excluding carboxylic acids is 1. The van der Waals surface area contributed by atoms with Crippen LogP contribution in [0.25, 0.3) is 0 Å². The molecule has 1 aliphatic rings. The van der Waals surface area contributed by atoms with Crippen molar-refractivity contribution in [2.75, 3.05) is 33.0 Å². The fourth-order valence-corrected chi connectivity index (χ4v) is 3.53. The molecule has 1 amide bonds. The lowest BCUT2D eigenvalue weighted by Gasteiger charge is -2.24. The van der Waals surface area contributed by atoms with E-state index in [2.05, 4.69) is 14.9 Å². The molecule has 2 aromatic rings. The van der Waals surface area contributed by atoms with Crippen LogP contribution in [0.4, 0.5) is 5.82 Å². The van der Waals surface area contributed by atoms with Crippen molar-refractivity contribution in [3.63, 3.8) is 0 Å². The molecule has 1 aliphatic heterocycles. The number of likely N-dealkylation sites (N-methyl/N-ethyl adjacent to an activating group) is 1. The summed E-state index contributed by atoms with van der Waals surface area (Å²) in [5, 5.41) is 0.597. The van der Waals surface area contributed by atoms with Gasteiger partial charge in [-0.25, -0.2) is 9.97 Å². The minimum Gasteiger partial charge on any atom is -0.496 e. The topological polar surface area (TPSA) is 84.6 Å². The lowest BCUT2D eigenvalue weighted by molar-refractivity contribution is -0.129. The Labute approximate surface area is 164 Å². The molecule has 1 fully saturated rings. The summed E-state index contributed by atoms with van der Waals surface area (Å²) in [5.74, 6) is 1.91. The van der Waals surface area contributed by atoms with E-state index in [0.29, 0.717) is 35.5 Å². The molecule has 0 aliphatic carbocycles. The van der Waals surface area contributed by atoms with Gasteiger partial charge in [-0.3, -0.25) is 9.69 Å². The molecule has 1 aromatic carbocycles. The summed E-state index contributed by atoms with van der Waals surface area (Å²) in [6, 6.07) is 7.27. The van der Waals surface area contributed by atoms with Crippen molar-refractivity contribution in [1.29, 1.82) is 0 Å². The summed E-state index contributed by atoms with van der Waals surface area (Å²) < 4.78 is 5.34. The van der Waals surface area contributed by atoms with Crippen molar-refractivity contribution in [3.05, 3.63) is 46.9 Å². The van der Waals surface area contributed by atoms with E-state index in [1.165, 1.54) is 0 Å². The van der Waals surface area contributed by atoms with Crippen LogP contribution in [0.2, 0.25) is 5.02 Å². The number of nitrogens with zero attached hydrogens (tertiary/aromatic N) is 4. The van der Waals surface area contributed by atoms with Gasteiger partial charge in [0.05, 0.1) is 20.1 Å². The van der Waals surface area contributed by atoms with Gasteiger partial charge in [-0.15, -0.1) is 0 Å². The molecule has 0 spiro atoms. The number of aromatic nitrogens is 2. The van der Waals surface area contributed by atoms with Gasteiger partial charge < -0.3 is 15.4 Å². The van der Waals surface area contributed by atoms with Gasteiger partial charge in [0.25, 0.3) is 0 Å². The quantitative estimate of drug-likeness (QED) is 0.813. The molecule has 3 rings (SSSR count). The maximum atomic E-state index is 12.7. The highest BCUT2D eigenvalue weighted by molar-refractivity contribution is 6.30. The Hall–Kier alpha value is -2.38. The number of ether oxygens (including phenoxy) is 1. The van der Waals surface area contributed by atoms with Crippen LogP contribution in [0.5, 0.6) is 5.75 Å². The largest absolute Gasteiger partial charge is 0.496 e. The normalized spacial score (nSPS) is 16.7. The van der Waals surface area contributed by atoms with Crippen LogP contribution < -0.4 is 10.5 Å². The maximum absolute atomic E-state index is 12.7. The van der Waals surface area contributed by atoms with Crippen molar-refractivity contribution in [2.45, 2.75) is 25.4 Å². The van der Waals surface area contributed by atoms with Gasteiger partial charge in [0.1, 0.15) is 17.4 Å². The number of methoxy groups -OCH3 is 1. The van der Waals surface area contributed by atoms with Crippen LogP contribution in [-0.4, -0.2) is 59.0 Å². The highest BCUT2D eigenvalue weighted by Crippen LogP contribution is 2.25. The van der Waals surface area contributed by atoms with Gasteiger partial charge >= 0.3 is 0 Å². The summed E-state index contributed by atoms with van der Waals surface area (Å²) in [4.78, 5) is 25.3. The Kier molecular flexibility index (Phi) is 6.13. The number of halogens is 1. The SMILES string of the molecule is COc1ccc(Cl)cc1CC(=O)N1CC[C@@H](N(C)Cc2nccc(N)n2)C1. The molecule has 1 aromatic heterocycles. The number of carbonyl (C=O) groups is 1. The molecule has 27 heavy (non-hydrogen) atoms. The second kappa shape index (κ2) is 8.54. The van der Waals surface area contributed by atoms with E-state index < -0.39 is 0 Å². The molecular formula is C19H24ClN5O2. The van der Waals surface area contributed by atoms with E-state index in [0.717, 1.165) is 18.5 Å². The van der Waals surface area contributed by atoms with E-state index >= 15 is 0 Å². The molecule has 1 saturated heterocycles. The highest BCUT2D eigenvalue weighted by atomic mass is 35.5. The molecule has 144 valence electrons. The predicted octanol–water partition coefficient (Wildman–Crippen LogP) is 2.00. The maximum Gasteiger partial charge on any atom is 0.227 e. The molecule has 0 bridgehead atoms. The molecule has 1 atom stereocenters. The first kappa shape index (κ1) is 19.4. The van der Waals surface area contributed by atoms with Crippen LogP contribution in [0.3, 0.4) is 0 Å². The van der Waals surface area contributed by atoms with Crippen molar-refractivity contribution >= 4 is 23.3 Å². The van der Waals surface area contributed by atoms with E-state index in [4.69, 9.17) is 22.1 Å². The average molecular weight is 390 g/mol. The van der Waals surface area contributed by atoms with Crippen LogP contribution in [-0.2, 0) is 17.8 Å². The summed E-state index contributed by atoms with van der Waals surface area (Å²) >= 11 is 6.06. The van der Waals surface area contributed by atoms with Crippen LogP contribution >= 0.6 is 11.6 Å². The fourth-order valence-electron chi connectivity index (χ4n) is 3.33. The van der Waals surface area contributed by atoms with Crippen molar-refractivity contribution in [3.8, 4) is 5.75 Å². The van der Waals surface area contributed by atoms with Crippen LogP contribution in [0.15, 0.2) is 30.5 Å². The fraction of sp³-hybridized carbons (Fsp3) is 0.421. The molecule has 7 nitrogen and oxygen atoms in total. The first-order valence-electron chi connectivity index (χ1n) is 8.84. The highest BCUT2D eigenvalue weighted by Gasteiger charge is 2.29. The van der Waals surface area contributed by atoms with Crippen molar-refractivity contribution in [1.82, 2.24) is 19.8 Å². The number of hydrogen-bond acceptors (Lipinski definition) is 6. The Morgan fingerprint density at radius 2 is 2.26 bits per heavy atom. The van der Waals surface area contributed by atoms with E-state index in [9.17, 15) is 4.79 Å². The monoisotopic (exact) mass is 389 g/mol. The molecular weight excluding hydrogens is 366 g/mol. The van der Waals surface area contributed by atoms with Crippen LogP contribution in [0, 0.1) is 0 Å². The smallest absolute Gasteiger partial charge is 0.227 e. The Morgan fingerprint density at radius 1 is 1.44 bits per heavy atom. The van der Waals surface area contributed by atoms with Gasteiger partial charge in [0.15, 0.2) is 0 Å². The Bertz CT molecular complexity index is 816. The first-order valence-corrected chi connectivity index (χ1v) is 9.22. The van der Waals surface area contributed by atoms with Gasteiger partial charge in [0.2, 0.25) is 5.91 Å². The number of hydrogen-bond donors (Lipinski definition) is 1. The number of likely N-dealkylation sites (tertiary alicyclic amines) is 1. The zero-order chi connectivity index (χ0) is 19.4. The molecule has 2 heterocycles. The van der Waals surface area contributed by atoms with Crippen molar-refractivity contribution in [2.24, 2.45) is 0 Å². The Morgan fingerprint density at radius 3 is 3.00 bits per heavy atom. The molecule has 0 unspecified atom stereocenters. The summed E-state index contributed by atoms with van der Waals surface area (Å²) in [7, 11) is 3.61. The van der Waals surface area contributed by atoms with E-state index in [-0.39, 0.29) is 18.4 Å². The van der Waals surface area contributed by atoms with Gasteiger partial charge in [-0.05, 0) is 37.7 Å². The zero-order valence-corrected chi connectivity index (χ0v) is 16.3. The van der Waals surface area contributed by atoms with Gasteiger partial charge in [-0.1, -0.05) is 11.6 Å². The number of amides is 1. The third-order valence-corrected chi connectivity index (χ3v) is 5.08. The lowest BCUT2D eigenvalue weighted by atomic mass is 10.1. The summed E-state index contributed by atoms with van der Waals surface area (Å²) in [6.45, 7) is 2.01. The summed E-state index contributed by atoms with van der Waals surface area (Å²) in [5.41, 5.74) is 6.52. The van der Waals surface area contributed by atoms with Crippen LogP contribution in [0.1, 0.15) is 17.8 Å². The van der Waals surface area contributed by atoms with Gasteiger partial charge in [-0.2, -0.15) is 0 Å². The molecule has 0 saturated carbocycles. The summed E-state index contributed by atoms with van der Waals surface area (Å²) in [6.07, 6.45) is 2.85. The Balaban J connectivity index is 1.58. The van der Waals surface area contributed by atoms with E-state index in [1.54, 1.807) is 37.6 Å². The molecule has 2 N–H and O–H groups in total. The first-order chi connectivity index (χ1) is 13.0. The van der Waals surface area contributed by atoms with E-state index in [1.807, 2.05) is 11.9 Å². The third-order valence-electron chi connectivity index (χ3n) is 4.84. The lowest BCUT2D eigenvalue weighted by Crippen LogP contribution is -2.37. The number of benzene rings is 1. The average Bonchev–Trinajstić information content (AvgIpc) is 3.12. The minimum atomic E-state index is 0.0756. The standard InChI is InChI=1S/C19H24ClN5O2/c1-24(12-18-22-7-5-17(21)23-18)15-6-8-25(11-15)19(26)10-13-9-14(20)3-4-16(13)27-2/h3-5,7,9,15H,6,8,10-12H2,1-2H3,(H2,21,22,23)/t15-/m1/s1. The number of anilines is 1. The molecule has 8 heteroatoms. The number of nitrogens with two attached hydrogens (primary N) is 1. The third kappa shape index (κ3) is 4.87. The van der Waals surface area contributed by atoms with Crippen molar-refractivity contribution < 1.29 is 9.53 Å². The number of rotatable bonds is 6. The van der Waals surface area contributed by atoms with Gasteiger partial charge in [0, 0.05) is 35.9 Å². The molecule has 0 radical (unpaired) electrons. The minimum absolute atomic E-state index is 0.0756. The predicted molar refractivity (Wildman–Crippen MR) is 105 cm³/mol.